The number of aryl methyl sites for hydroxylation is 1. The van der Waals surface area contributed by atoms with Crippen LogP contribution in [0.2, 0.25) is 0 Å². The lowest BCUT2D eigenvalue weighted by atomic mass is 10.1. The van der Waals surface area contributed by atoms with E-state index in [1.165, 1.54) is 4.68 Å². The van der Waals surface area contributed by atoms with Crippen molar-refractivity contribution in [3.8, 4) is 5.75 Å². The molecule has 7 nitrogen and oxygen atoms in total. The molecule has 2 rings (SSSR count). The summed E-state index contributed by atoms with van der Waals surface area (Å²) in [4.78, 5) is 11.4. The number of nitrogens with zero attached hydrogens (tertiary/aromatic N) is 4. The van der Waals surface area contributed by atoms with Crippen LogP contribution in [-0.2, 0) is 11.4 Å². The predicted molar refractivity (Wildman–Crippen MR) is 79.6 cm³/mol. The molecular weight excluding hydrogens is 284 g/mol. The number of carbonyl (C=O) groups is 1. The molecule has 0 spiro atoms. The van der Waals surface area contributed by atoms with Crippen molar-refractivity contribution < 1.29 is 14.6 Å². The second kappa shape index (κ2) is 7.02. The molecule has 0 fully saturated rings. The summed E-state index contributed by atoms with van der Waals surface area (Å²) in [5.41, 5.74) is 2.18. The molecule has 1 atom stereocenters. The Morgan fingerprint density at radius 2 is 2.18 bits per heavy atom. The van der Waals surface area contributed by atoms with Crippen molar-refractivity contribution in [2.24, 2.45) is 0 Å². The highest BCUT2D eigenvalue weighted by Crippen LogP contribution is 2.22. The maximum Gasteiger partial charge on any atom is 0.328 e. The van der Waals surface area contributed by atoms with Gasteiger partial charge in [0, 0.05) is 0 Å². The third-order valence-corrected chi connectivity index (χ3v) is 3.62. The molecule has 0 aliphatic carbocycles. The summed E-state index contributed by atoms with van der Waals surface area (Å²) < 4.78 is 7.08. The first-order chi connectivity index (χ1) is 10.5. The van der Waals surface area contributed by atoms with Gasteiger partial charge >= 0.3 is 5.97 Å². The third kappa shape index (κ3) is 3.41. The quantitative estimate of drug-likeness (QED) is 0.844. The van der Waals surface area contributed by atoms with Gasteiger partial charge < -0.3 is 9.84 Å². The fraction of sp³-hybridized carbons (Fsp3) is 0.467. The molecule has 22 heavy (non-hydrogen) atoms. The second-order valence-electron chi connectivity index (χ2n) is 5.17. The molecule has 0 aliphatic rings. The number of hydrogen-bond acceptors (Lipinski definition) is 5. The predicted octanol–water partition coefficient (Wildman–Crippen LogP) is 2.29. The van der Waals surface area contributed by atoms with Gasteiger partial charge in [-0.3, -0.25) is 0 Å². The summed E-state index contributed by atoms with van der Waals surface area (Å²) in [6.07, 6.45) is 1.20. The number of benzene rings is 1. The van der Waals surface area contributed by atoms with E-state index in [2.05, 4.69) is 15.5 Å². The third-order valence-electron chi connectivity index (χ3n) is 3.62. The SMILES string of the molecule is CCCC(C(=O)O)n1nnnc1COc1cccc(C)c1C. The second-order valence-corrected chi connectivity index (χ2v) is 5.17. The molecule has 0 saturated heterocycles. The Bertz CT molecular complexity index is 654. The number of aliphatic carboxylic acids is 1. The van der Waals surface area contributed by atoms with Crippen molar-refractivity contribution >= 4 is 5.97 Å². The van der Waals surface area contributed by atoms with Crippen molar-refractivity contribution in [2.45, 2.75) is 46.3 Å². The first kappa shape index (κ1) is 15.9. The molecule has 0 bridgehead atoms. The van der Waals surface area contributed by atoms with Crippen LogP contribution in [0, 0.1) is 13.8 Å². The van der Waals surface area contributed by atoms with Crippen LogP contribution in [0.3, 0.4) is 0 Å². The van der Waals surface area contributed by atoms with Crippen LogP contribution in [0.25, 0.3) is 0 Å². The van der Waals surface area contributed by atoms with E-state index in [0.29, 0.717) is 12.2 Å². The van der Waals surface area contributed by atoms with E-state index in [1.54, 1.807) is 0 Å². The Morgan fingerprint density at radius 1 is 1.41 bits per heavy atom. The fourth-order valence-electron chi connectivity index (χ4n) is 2.20. The van der Waals surface area contributed by atoms with Crippen LogP contribution >= 0.6 is 0 Å². The molecule has 1 unspecified atom stereocenters. The van der Waals surface area contributed by atoms with Crippen molar-refractivity contribution in [3.05, 3.63) is 35.2 Å². The molecule has 0 radical (unpaired) electrons. The fourth-order valence-corrected chi connectivity index (χ4v) is 2.20. The zero-order chi connectivity index (χ0) is 16.1. The molecule has 1 aromatic carbocycles. The van der Waals surface area contributed by atoms with E-state index in [4.69, 9.17) is 4.74 Å². The van der Waals surface area contributed by atoms with E-state index in [0.717, 1.165) is 23.3 Å². The molecule has 0 aliphatic heterocycles. The Balaban J connectivity index is 2.16. The highest BCUT2D eigenvalue weighted by Gasteiger charge is 2.23. The van der Waals surface area contributed by atoms with Crippen molar-refractivity contribution in [1.29, 1.82) is 0 Å². The zero-order valence-electron chi connectivity index (χ0n) is 13.0. The minimum atomic E-state index is -0.942. The Kier molecular flexibility index (Phi) is 5.08. The monoisotopic (exact) mass is 304 g/mol. The topological polar surface area (TPSA) is 90.1 Å². The minimum Gasteiger partial charge on any atom is -0.485 e. The van der Waals surface area contributed by atoms with Gasteiger partial charge in [0.25, 0.3) is 0 Å². The number of carboxylic acid groups (broad SMARTS) is 1. The van der Waals surface area contributed by atoms with Gasteiger partial charge in [-0.25, -0.2) is 9.48 Å². The summed E-state index contributed by atoms with van der Waals surface area (Å²) >= 11 is 0. The van der Waals surface area contributed by atoms with Gasteiger partial charge in [0.15, 0.2) is 11.9 Å². The first-order valence-electron chi connectivity index (χ1n) is 7.23. The first-order valence-corrected chi connectivity index (χ1v) is 7.23. The lowest BCUT2D eigenvalue weighted by Crippen LogP contribution is -2.23. The Labute approximate surface area is 128 Å². The molecule has 1 heterocycles. The van der Waals surface area contributed by atoms with Crippen molar-refractivity contribution in [1.82, 2.24) is 20.2 Å². The lowest BCUT2D eigenvalue weighted by molar-refractivity contribution is -0.141. The lowest BCUT2D eigenvalue weighted by Gasteiger charge is -2.14. The van der Waals surface area contributed by atoms with E-state index in [9.17, 15) is 9.90 Å². The summed E-state index contributed by atoms with van der Waals surface area (Å²) in [5, 5.41) is 20.6. The average molecular weight is 304 g/mol. The molecular formula is C15H20N4O3. The summed E-state index contributed by atoms with van der Waals surface area (Å²) in [7, 11) is 0. The molecule has 0 amide bonds. The normalized spacial score (nSPS) is 12.1. The molecule has 118 valence electrons. The Hall–Kier alpha value is -2.44. The standard InChI is InChI=1S/C15H20N4O3/c1-4-6-12(15(20)21)19-14(16-17-18-19)9-22-13-8-5-7-10(2)11(13)3/h5,7-8,12H,4,6,9H2,1-3H3,(H,20,21). The van der Waals surface area contributed by atoms with Gasteiger partial charge in [0.2, 0.25) is 0 Å². The van der Waals surface area contributed by atoms with Crippen molar-refractivity contribution in [2.75, 3.05) is 0 Å². The van der Waals surface area contributed by atoms with Crippen LogP contribution in [0.15, 0.2) is 18.2 Å². The molecule has 1 aromatic heterocycles. The number of aromatic nitrogens is 4. The van der Waals surface area contributed by atoms with Crippen LogP contribution in [0.1, 0.15) is 42.8 Å². The van der Waals surface area contributed by atoms with Crippen molar-refractivity contribution in [3.63, 3.8) is 0 Å². The van der Waals surface area contributed by atoms with E-state index < -0.39 is 12.0 Å². The molecule has 0 saturated carbocycles. The highest BCUT2D eigenvalue weighted by atomic mass is 16.5. The number of hydrogen-bond donors (Lipinski definition) is 1. The number of carboxylic acids is 1. The molecule has 1 N–H and O–H groups in total. The number of rotatable bonds is 7. The van der Waals surface area contributed by atoms with Crippen LogP contribution in [-0.4, -0.2) is 31.3 Å². The van der Waals surface area contributed by atoms with E-state index >= 15 is 0 Å². The van der Waals surface area contributed by atoms with E-state index in [-0.39, 0.29) is 6.61 Å². The highest BCUT2D eigenvalue weighted by molar-refractivity contribution is 5.71. The molecule has 7 heteroatoms. The maximum absolute atomic E-state index is 11.4. The van der Waals surface area contributed by atoms with Gasteiger partial charge in [0.05, 0.1) is 0 Å². The Morgan fingerprint density at radius 3 is 2.86 bits per heavy atom. The minimum absolute atomic E-state index is 0.130. The van der Waals surface area contributed by atoms with E-state index in [1.807, 2.05) is 39.0 Å². The zero-order valence-corrected chi connectivity index (χ0v) is 13.0. The summed E-state index contributed by atoms with van der Waals surface area (Å²) in [6.45, 7) is 6.04. The smallest absolute Gasteiger partial charge is 0.328 e. The largest absolute Gasteiger partial charge is 0.485 e. The number of ether oxygens (including phenoxy) is 1. The summed E-state index contributed by atoms with van der Waals surface area (Å²) in [5.74, 6) is 0.209. The van der Waals surface area contributed by atoms with Gasteiger partial charge in [-0.1, -0.05) is 25.5 Å². The average Bonchev–Trinajstić information content (AvgIpc) is 2.94. The van der Waals surface area contributed by atoms with Gasteiger partial charge in [0.1, 0.15) is 12.4 Å². The maximum atomic E-state index is 11.4. The van der Waals surface area contributed by atoms with Crippen LogP contribution in [0.4, 0.5) is 0 Å². The summed E-state index contributed by atoms with van der Waals surface area (Å²) in [6, 6.07) is 5.03. The van der Waals surface area contributed by atoms with Gasteiger partial charge in [-0.05, 0) is 47.9 Å². The van der Waals surface area contributed by atoms with Gasteiger partial charge in [-0.15, -0.1) is 5.10 Å². The van der Waals surface area contributed by atoms with Gasteiger partial charge in [-0.2, -0.15) is 0 Å². The van der Waals surface area contributed by atoms with Crippen LogP contribution in [0.5, 0.6) is 5.75 Å². The van der Waals surface area contributed by atoms with Crippen LogP contribution < -0.4 is 4.74 Å². The number of tetrazole rings is 1. The molecule has 2 aromatic rings.